The summed E-state index contributed by atoms with van der Waals surface area (Å²) in [6.07, 6.45) is 0. The summed E-state index contributed by atoms with van der Waals surface area (Å²) in [6.45, 7) is 2.59. The van der Waals surface area contributed by atoms with Gasteiger partial charge in [0.2, 0.25) is 0 Å². The fourth-order valence-corrected chi connectivity index (χ4v) is 2.12. The monoisotopic (exact) mass is 322 g/mol. The van der Waals surface area contributed by atoms with Crippen molar-refractivity contribution in [2.75, 3.05) is 7.11 Å². The molecule has 0 fully saturated rings. The zero-order valence-electron chi connectivity index (χ0n) is 14.0. The van der Waals surface area contributed by atoms with Gasteiger partial charge in [0.15, 0.2) is 0 Å². The van der Waals surface area contributed by atoms with Crippen LogP contribution in [0.2, 0.25) is 0 Å². The van der Waals surface area contributed by atoms with Crippen molar-refractivity contribution in [2.24, 2.45) is 0 Å². The van der Waals surface area contributed by atoms with Gasteiger partial charge < -0.3 is 14.6 Å². The van der Waals surface area contributed by atoms with Crippen LogP contribution in [-0.4, -0.2) is 12.2 Å². The molecule has 0 atom stereocenters. The second-order valence-corrected chi connectivity index (χ2v) is 5.16. The standard InChI is InChI=1S/C20H18O2.CH4O/c1-16-10-12-18(13-11-16)21-15-17-6-5-9-20(14-17)22-19-7-3-2-4-8-19;1-2/h2-14H,15H2,1H3;2H,1H3. The number of benzene rings is 3. The van der Waals surface area contributed by atoms with Crippen LogP contribution in [0.1, 0.15) is 11.1 Å². The second kappa shape index (κ2) is 9.38. The van der Waals surface area contributed by atoms with E-state index in [1.807, 2.05) is 78.9 Å². The van der Waals surface area contributed by atoms with Crippen molar-refractivity contribution in [1.29, 1.82) is 0 Å². The first kappa shape index (κ1) is 17.6. The van der Waals surface area contributed by atoms with E-state index in [0.29, 0.717) is 6.61 Å². The van der Waals surface area contributed by atoms with Gasteiger partial charge >= 0.3 is 0 Å². The highest BCUT2D eigenvalue weighted by Crippen LogP contribution is 2.22. The van der Waals surface area contributed by atoms with Gasteiger partial charge in [-0.2, -0.15) is 0 Å². The molecule has 3 aromatic carbocycles. The molecule has 0 aliphatic rings. The second-order valence-electron chi connectivity index (χ2n) is 5.16. The molecule has 0 saturated carbocycles. The largest absolute Gasteiger partial charge is 0.489 e. The molecule has 0 radical (unpaired) electrons. The third kappa shape index (κ3) is 5.45. The van der Waals surface area contributed by atoms with Crippen LogP contribution in [0.3, 0.4) is 0 Å². The van der Waals surface area contributed by atoms with Gasteiger partial charge in [-0.05, 0) is 48.9 Å². The molecule has 0 amide bonds. The van der Waals surface area contributed by atoms with Gasteiger partial charge in [0.1, 0.15) is 23.9 Å². The molecule has 1 N–H and O–H groups in total. The van der Waals surface area contributed by atoms with E-state index in [1.165, 1.54) is 5.56 Å². The molecule has 3 nitrogen and oxygen atoms in total. The minimum atomic E-state index is 0.523. The van der Waals surface area contributed by atoms with Crippen molar-refractivity contribution >= 4 is 0 Å². The molecule has 124 valence electrons. The summed E-state index contributed by atoms with van der Waals surface area (Å²) < 4.78 is 11.6. The Bertz CT molecular complexity index is 722. The van der Waals surface area contributed by atoms with Crippen molar-refractivity contribution in [1.82, 2.24) is 0 Å². The third-order valence-corrected chi connectivity index (χ3v) is 3.30. The van der Waals surface area contributed by atoms with E-state index >= 15 is 0 Å². The fourth-order valence-electron chi connectivity index (χ4n) is 2.12. The van der Waals surface area contributed by atoms with Gasteiger partial charge in [-0.3, -0.25) is 0 Å². The average Bonchev–Trinajstić information content (AvgIpc) is 2.64. The van der Waals surface area contributed by atoms with Crippen molar-refractivity contribution < 1.29 is 14.6 Å². The van der Waals surface area contributed by atoms with E-state index in [-0.39, 0.29) is 0 Å². The fraction of sp³-hybridized carbons (Fsp3) is 0.143. The lowest BCUT2D eigenvalue weighted by atomic mass is 10.2. The normalized spacial score (nSPS) is 9.62. The van der Waals surface area contributed by atoms with E-state index in [0.717, 1.165) is 29.9 Å². The highest BCUT2D eigenvalue weighted by Gasteiger charge is 2.00. The van der Waals surface area contributed by atoms with Gasteiger partial charge in [0.25, 0.3) is 0 Å². The molecule has 0 aromatic heterocycles. The number of aliphatic hydroxyl groups is 1. The summed E-state index contributed by atoms with van der Waals surface area (Å²) in [5.74, 6) is 2.52. The maximum absolute atomic E-state index is 7.00. The molecule has 0 saturated heterocycles. The predicted molar refractivity (Wildman–Crippen MR) is 96.6 cm³/mol. The number of rotatable bonds is 5. The number of ether oxygens (including phenoxy) is 2. The van der Waals surface area contributed by atoms with E-state index < -0.39 is 0 Å². The first-order valence-corrected chi connectivity index (χ1v) is 7.76. The smallest absolute Gasteiger partial charge is 0.127 e. The molecule has 0 aliphatic carbocycles. The summed E-state index contributed by atoms with van der Waals surface area (Å²) in [5, 5.41) is 7.00. The lowest BCUT2D eigenvalue weighted by Gasteiger charge is -2.09. The van der Waals surface area contributed by atoms with Crippen molar-refractivity contribution in [3.63, 3.8) is 0 Å². The molecular weight excluding hydrogens is 300 g/mol. The maximum Gasteiger partial charge on any atom is 0.127 e. The molecule has 3 heteroatoms. The molecule has 0 spiro atoms. The zero-order valence-corrected chi connectivity index (χ0v) is 14.0. The number of aryl methyl sites for hydroxylation is 1. The Morgan fingerprint density at radius 2 is 1.38 bits per heavy atom. The Morgan fingerprint density at radius 1 is 0.708 bits per heavy atom. The summed E-state index contributed by atoms with van der Waals surface area (Å²) in [4.78, 5) is 0. The van der Waals surface area contributed by atoms with E-state index in [9.17, 15) is 0 Å². The van der Waals surface area contributed by atoms with Crippen molar-refractivity contribution in [3.8, 4) is 17.2 Å². The summed E-state index contributed by atoms with van der Waals surface area (Å²) in [7, 11) is 1.00. The number of aliphatic hydroxyl groups excluding tert-OH is 1. The Hall–Kier alpha value is -2.78. The van der Waals surface area contributed by atoms with E-state index in [4.69, 9.17) is 14.6 Å². The molecule has 0 bridgehead atoms. The molecule has 0 heterocycles. The van der Waals surface area contributed by atoms with Crippen LogP contribution < -0.4 is 9.47 Å². The zero-order chi connectivity index (χ0) is 17.2. The maximum atomic E-state index is 7.00. The predicted octanol–water partition coefficient (Wildman–Crippen LogP) is 4.97. The van der Waals surface area contributed by atoms with Gasteiger partial charge in [-0.1, -0.05) is 48.0 Å². The number of hydrogen-bond acceptors (Lipinski definition) is 3. The quantitative estimate of drug-likeness (QED) is 0.720. The third-order valence-electron chi connectivity index (χ3n) is 3.30. The Labute approximate surface area is 143 Å². The Kier molecular flexibility index (Phi) is 6.87. The van der Waals surface area contributed by atoms with E-state index in [1.54, 1.807) is 0 Å². The van der Waals surface area contributed by atoms with Gasteiger partial charge in [0.05, 0.1) is 0 Å². The first-order chi connectivity index (χ1) is 11.8. The molecule has 3 aromatic rings. The highest BCUT2D eigenvalue weighted by atomic mass is 16.5. The summed E-state index contributed by atoms with van der Waals surface area (Å²) in [5.41, 5.74) is 2.31. The first-order valence-electron chi connectivity index (χ1n) is 7.76. The van der Waals surface area contributed by atoms with Crippen LogP contribution in [-0.2, 0) is 6.61 Å². The van der Waals surface area contributed by atoms with E-state index in [2.05, 4.69) is 6.92 Å². The minimum Gasteiger partial charge on any atom is -0.489 e. The molecule has 0 aliphatic heterocycles. The summed E-state index contributed by atoms with van der Waals surface area (Å²) in [6, 6.07) is 25.8. The minimum absolute atomic E-state index is 0.523. The van der Waals surface area contributed by atoms with Crippen molar-refractivity contribution in [2.45, 2.75) is 13.5 Å². The topological polar surface area (TPSA) is 38.7 Å². The van der Waals surface area contributed by atoms with Crippen LogP contribution in [0.25, 0.3) is 0 Å². The highest BCUT2D eigenvalue weighted by molar-refractivity contribution is 5.34. The van der Waals surface area contributed by atoms with Gasteiger partial charge in [0, 0.05) is 7.11 Å². The molecule has 24 heavy (non-hydrogen) atoms. The molecular formula is C21H22O3. The van der Waals surface area contributed by atoms with Gasteiger partial charge in [-0.25, -0.2) is 0 Å². The number of hydrogen-bond donors (Lipinski definition) is 1. The lowest BCUT2D eigenvalue weighted by molar-refractivity contribution is 0.305. The summed E-state index contributed by atoms with van der Waals surface area (Å²) >= 11 is 0. The lowest BCUT2D eigenvalue weighted by Crippen LogP contribution is -1.95. The Balaban J connectivity index is 0.00000100. The SMILES string of the molecule is CO.Cc1ccc(OCc2cccc(Oc3ccccc3)c2)cc1. The van der Waals surface area contributed by atoms with Crippen LogP contribution >= 0.6 is 0 Å². The molecule has 0 unspecified atom stereocenters. The van der Waals surface area contributed by atoms with Crippen LogP contribution in [0, 0.1) is 6.92 Å². The Morgan fingerprint density at radius 3 is 2.08 bits per heavy atom. The number of para-hydroxylation sites is 1. The van der Waals surface area contributed by atoms with Crippen LogP contribution in [0.4, 0.5) is 0 Å². The van der Waals surface area contributed by atoms with Gasteiger partial charge in [-0.15, -0.1) is 0 Å². The van der Waals surface area contributed by atoms with Crippen LogP contribution in [0.5, 0.6) is 17.2 Å². The molecule has 3 rings (SSSR count). The average molecular weight is 322 g/mol. The van der Waals surface area contributed by atoms with Crippen LogP contribution in [0.15, 0.2) is 78.9 Å². The van der Waals surface area contributed by atoms with Crippen molar-refractivity contribution in [3.05, 3.63) is 90.0 Å².